The number of amidine groups is 1. The van der Waals surface area contributed by atoms with Crippen LogP contribution >= 0.6 is 0 Å². The minimum Gasteiger partial charge on any atom is -0.504 e. The van der Waals surface area contributed by atoms with Gasteiger partial charge in [0.05, 0.1) is 31.9 Å². The highest BCUT2D eigenvalue weighted by Crippen LogP contribution is 2.41. The van der Waals surface area contributed by atoms with E-state index in [1.807, 2.05) is 6.92 Å². The van der Waals surface area contributed by atoms with Crippen LogP contribution < -0.4 is 31.4 Å². The fourth-order valence-corrected chi connectivity index (χ4v) is 4.68. The highest BCUT2D eigenvalue weighted by molar-refractivity contribution is 5.95. The van der Waals surface area contributed by atoms with E-state index in [0.29, 0.717) is 38.2 Å². The summed E-state index contributed by atoms with van der Waals surface area (Å²) in [4.78, 5) is 20.4. The van der Waals surface area contributed by atoms with Gasteiger partial charge in [0.15, 0.2) is 17.5 Å². The molecule has 1 aliphatic rings. The summed E-state index contributed by atoms with van der Waals surface area (Å²) in [7, 11) is 0. The van der Waals surface area contributed by atoms with E-state index in [1.54, 1.807) is 19.1 Å². The van der Waals surface area contributed by atoms with Crippen molar-refractivity contribution >= 4 is 23.6 Å². The molecule has 1 aliphatic heterocycles. The van der Waals surface area contributed by atoms with Crippen LogP contribution in [0.2, 0.25) is 0 Å². The van der Waals surface area contributed by atoms with Crippen molar-refractivity contribution in [1.82, 2.24) is 4.98 Å². The molecule has 2 heterocycles. The van der Waals surface area contributed by atoms with Crippen LogP contribution in [0.5, 0.6) is 34.8 Å². The molecule has 0 unspecified atom stereocenters. The van der Waals surface area contributed by atoms with E-state index in [-0.39, 0.29) is 46.0 Å². The number of aliphatic imine (C=N–C) groups is 1. The molecule has 44 heavy (non-hydrogen) atoms. The number of benzene rings is 2. The van der Waals surface area contributed by atoms with E-state index >= 15 is 8.78 Å². The van der Waals surface area contributed by atoms with Gasteiger partial charge in [-0.2, -0.15) is 18.6 Å². The van der Waals surface area contributed by atoms with Gasteiger partial charge in [0.1, 0.15) is 17.7 Å². The number of carbonyl (C=O) groups is 1. The summed E-state index contributed by atoms with van der Waals surface area (Å²) in [5.74, 6) is -6.10. The molecule has 8 N–H and O–H groups in total. The number of piperidine rings is 1. The Morgan fingerprint density at radius 2 is 1.75 bits per heavy atom. The molecule has 15 heteroatoms. The Morgan fingerprint density at radius 3 is 2.36 bits per heavy atom. The third-order valence-corrected chi connectivity index (χ3v) is 7.05. The second-order valence-electron chi connectivity index (χ2n) is 9.94. The first kappa shape index (κ1) is 31.7. The van der Waals surface area contributed by atoms with Gasteiger partial charge in [0.25, 0.3) is 11.8 Å². The van der Waals surface area contributed by atoms with Gasteiger partial charge in [0, 0.05) is 24.5 Å². The number of guanidine groups is 1. The number of nitrogens with one attached hydrogen (secondary N) is 1. The molecule has 1 amide bonds. The topological polar surface area (TPSA) is 201 Å². The van der Waals surface area contributed by atoms with E-state index in [1.165, 1.54) is 30.3 Å². The number of likely N-dealkylation sites (tertiary alicyclic amines) is 1. The Balaban J connectivity index is 1.71. The molecular weight excluding hydrogens is 580 g/mol. The molecule has 0 saturated carbocycles. The second-order valence-corrected chi connectivity index (χ2v) is 9.94. The van der Waals surface area contributed by atoms with Gasteiger partial charge in [-0.05, 0) is 44.2 Å². The van der Waals surface area contributed by atoms with Crippen molar-refractivity contribution in [2.75, 3.05) is 26.2 Å². The third kappa shape index (κ3) is 7.06. The molecule has 1 aromatic heterocycles. The number of phenols is 1. The first-order chi connectivity index (χ1) is 21.0. The van der Waals surface area contributed by atoms with E-state index in [4.69, 9.17) is 41.6 Å². The van der Waals surface area contributed by atoms with Crippen LogP contribution in [0.15, 0.2) is 47.5 Å². The lowest BCUT2D eigenvalue weighted by Gasteiger charge is -2.39. The molecule has 0 radical (unpaired) electrons. The van der Waals surface area contributed by atoms with Crippen LogP contribution in [0.25, 0.3) is 0 Å². The van der Waals surface area contributed by atoms with E-state index in [9.17, 15) is 9.90 Å². The van der Waals surface area contributed by atoms with Crippen molar-refractivity contribution < 1.29 is 42.1 Å². The zero-order chi connectivity index (χ0) is 32.0. The number of halogens is 2. The number of hydrogen-bond donors (Lipinski definition) is 5. The summed E-state index contributed by atoms with van der Waals surface area (Å²) in [5.41, 5.74) is 16.9. The van der Waals surface area contributed by atoms with Crippen molar-refractivity contribution in [1.29, 1.82) is 5.41 Å². The normalized spacial score (nSPS) is 17.8. The summed E-state index contributed by atoms with van der Waals surface area (Å²) in [6, 6.07) is 9.73. The molecule has 2 aromatic carbocycles. The fraction of sp³-hybridized carbons (Fsp3) is 0.310. The number of pyridine rings is 1. The Bertz CT molecular complexity index is 1570. The van der Waals surface area contributed by atoms with Crippen LogP contribution in [-0.4, -0.2) is 64.8 Å². The molecule has 3 aromatic rings. The summed E-state index contributed by atoms with van der Waals surface area (Å²) < 4.78 is 54.0. The van der Waals surface area contributed by atoms with Crippen LogP contribution in [0.3, 0.4) is 0 Å². The van der Waals surface area contributed by atoms with Crippen molar-refractivity contribution in [3.63, 3.8) is 0 Å². The minimum absolute atomic E-state index is 0.0564. The lowest BCUT2D eigenvalue weighted by Crippen LogP contribution is -2.58. The average molecular weight is 615 g/mol. The first-order valence-electron chi connectivity index (χ1n) is 13.8. The molecule has 1 saturated heterocycles. The fourth-order valence-electron chi connectivity index (χ4n) is 4.68. The van der Waals surface area contributed by atoms with Crippen molar-refractivity contribution in [3.8, 4) is 34.8 Å². The van der Waals surface area contributed by atoms with Gasteiger partial charge in [-0.1, -0.05) is 6.07 Å². The van der Waals surface area contributed by atoms with Gasteiger partial charge in [-0.15, -0.1) is 0 Å². The van der Waals surface area contributed by atoms with Gasteiger partial charge >= 0.3 is 6.09 Å². The number of nitrogen functional groups attached to an aromatic ring is 1. The molecule has 13 nitrogen and oxygen atoms in total. The standard InChI is InChI=1S/C29H33F2N7O6/c1-3-38(29(40)41-4-2)12-10-18(11-13-38)42-24-22(30)26(43-19-7-5-6-17(15-19)36-28(34)35)37-27(23(24)31)44-21-14-16(25(32)33)8-9-20(21)39/h5-9,14-15,18H,3-4,10-13H2,1-2H3,(H7-,32,33,34,35,36,39)/p+1. The lowest BCUT2D eigenvalue weighted by molar-refractivity contribution is -0.862. The number of nitrogens with two attached hydrogens (primary N) is 3. The van der Waals surface area contributed by atoms with Crippen LogP contribution in [-0.2, 0) is 4.74 Å². The summed E-state index contributed by atoms with van der Waals surface area (Å²) >= 11 is 0. The smallest absolute Gasteiger partial charge is 0.504 e. The zero-order valence-electron chi connectivity index (χ0n) is 24.2. The molecule has 0 spiro atoms. The van der Waals surface area contributed by atoms with Gasteiger partial charge in [-0.25, -0.2) is 9.48 Å². The maximum Gasteiger partial charge on any atom is 0.516 e. The number of aromatic nitrogens is 1. The largest absolute Gasteiger partial charge is 0.516 e. The third-order valence-electron chi connectivity index (χ3n) is 7.05. The zero-order valence-corrected chi connectivity index (χ0v) is 24.2. The molecule has 4 rings (SSSR count). The summed E-state index contributed by atoms with van der Waals surface area (Å²) in [6.45, 7) is 4.99. The lowest BCUT2D eigenvalue weighted by atomic mass is 10.1. The van der Waals surface area contributed by atoms with Crippen molar-refractivity contribution in [3.05, 3.63) is 59.7 Å². The number of quaternary nitrogens is 1. The summed E-state index contributed by atoms with van der Waals surface area (Å²) in [5, 5.41) is 18.0. The number of phenolic OH excluding ortho intramolecular Hbond substituents is 1. The van der Waals surface area contributed by atoms with Crippen LogP contribution in [0, 0.1) is 17.0 Å². The second kappa shape index (κ2) is 13.4. The molecule has 1 fully saturated rings. The molecule has 0 atom stereocenters. The van der Waals surface area contributed by atoms with Gasteiger partial charge in [0.2, 0.25) is 17.4 Å². The number of nitrogens with zero attached hydrogens (tertiary/aromatic N) is 3. The molecule has 234 valence electrons. The first-order valence-corrected chi connectivity index (χ1v) is 13.8. The predicted octanol–water partition coefficient (Wildman–Crippen LogP) is 4.37. The van der Waals surface area contributed by atoms with E-state index in [2.05, 4.69) is 9.98 Å². The highest BCUT2D eigenvalue weighted by Gasteiger charge is 2.42. The Kier molecular flexibility index (Phi) is 9.68. The highest BCUT2D eigenvalue weighted by atomic mass is 19.1. The number of aromatic hydroxyl groups is 1. The van der Waals surface area contributed by atoms with E-state index < -0.39 is 41.0 Å². The number of ether oxygens (including phenoxy) is 4. The van der Waals surface area contributed by atoms with Gasteiger partial charge < -0.3 is 41.3 Å². The Labute approximate surface area is 251 Å². The molecule has 0 bridgehead atoms. The number of amides is 1. The van der Waals surface area contributed by atoms with Crippen LogP contribution in [0.4, 0.5) is 19.3 Å². The van der Waals surface area contributed by atoms with Crippen LogP contribution in [0.1, 0.15) is 32.3 Å². The number of carbonyl (C=O) groups excluding carboxylic acids is 1. The van der Waals surface area contributed by atoms with Crippen molar-refractivity contribution in [2.45, 2.75) is 32.8 Å². The maximum atomic E-state index is 15.9. The predicted molar refractivity (Wildman–Crippen MR) is 157 cm³/mol. The Hall–Kier alpha value is -5.18. The Morgan fingerprint density at radius 1 is 1.07 bits per heavy atom. The number of rotatable bonds is 10. The monoisotopic (exact) mass is 614 g/mol. The minimum atomic E-state index is -1.30. The van der Waals surface area contributed by atoms with Gasteiger partial charge in [-0.3, -0.25) is 5.41 Å². The SMILES string of the molecule is CCOC(=O)[N+]1(CC)CCC(Oc2c(F)c(Oc3cccc(N=C(N)N)c3)nc(Oc3cc(C(=N)N)ccc3O)c2F)CC1. The number of hydrogen-bond acceptors (Lipinski definition) is 9. The maximum absolute atomic E-state index is 15.9. The summed E-state index contributed by atoms with van der Waals surface area (Å²) in [6.07, 6.45) is -0.449. The average Bonchev–Trinajstić information content (AvgIpc) is 2.99. The quantitative estimate of drug-likeness (QED) is 0.124. The van der Waals surface area contributed by atoms with E-state index in [0.717, 1.165) is 0 Å². The van der Waals surface area contributed by atoms with Crippen molar-refractivity contribution in [2.24, 2.45) is 22.2 Å². The molecule has 0 aliphatic carbocycles. The molecular formula is C29H34F2N7O6+.